The van der Waals surface area contributed by atoms with Gasteiger partial charge in [0.25, 0.3) is 0 Å². The first-order valence-corrected chi connectivity index (χ1v) is 19.2. The molecular weight excluding hydrogens is 673 g/mol. The monoisotopic (exact) mass is 704 g/mol. The second kappa shape index (κ2) is 12.4. The number of hydrogen-bond donors (Lipinski definition) is 0. The Labute approximate surface area is 317 Å². The van der Waals surface area contributed by atoms with Crippen molar-refractivity contribution in [3.8, 4) is 55.8 Å². The Morgan fingerprint density at radius 3 is 1.54 bits per heavy atom. The van der Waals surface area contributed by atoms with Crippen molar-refractivity contribution in [1.29, 1.82) is 0 Å². The second-order valence-corrected chi connectivity index (χ2v) is 15.0. The van der Waals surface area contributed by atoms with Crippen LogP contribution < -0.4 is 0 Å². The molecule has 0 aliphatic rings. The predicted molar refractivity (Wildman–Crippen MR) is 231 cm³/mol. The van der Waals surface area contributed by atoms with Gasteiger partial charge in [0.15, 0.2) is 0 Å². The van der Waals surface area contributed by atoms with Crippen LogP contribution in [0.2, 0.25) is 0 Å². The SMILES string of the molecule is c1ccc(-c2cc3cc(-c4c(-c5ccccc5)cc(-c5c6ccccc6c(-c6ccccc6)c6ccccc56)c5c4sc4ccccc45)ccc3o2)cc1. The van der Waals surface area contributed by atoms with Crippen molar-refractivity contribution in [3.63, 3.8) is 0 Å². The number of fused-ring (bicyclic) bond motifs is 6. The van der Waals surface area contributed by atoms with Crippen LogP contribution >= 0.6 is 11.3 Å². The van der Waals surface area contributed by atoms with Crippen LogP contribution in [0.15, 0.2) is 199 Å². The van der Waals surface area contributed by atoms with Crippen LogP contribution in [0.4, 0.5) is 0 Å². The molecule has 11 aromatic rings. The van der Waals surface area contributed by atoms with Gasteiger partial charge in [-0.3, -0.25) is 0 Å². The Balaban J connectivity index is 1.28. The number of hydrogen-bond acceptors (Lipinski definition) is 2. The molecule has 0 unspecified atom stereocenters. The van der Waals surface area contributed by atoms with Gasteiger partial charge in [-0.25, -0.2) is 0 Å². The molecule has 0 aliphatic heterocycles. The smallest absolute Gasteiger partial charge is 0.135 e. The molecule has 54 heavy (non-hydrogen) atoms. The summed E-state index contributed by atoms with van der Waals surface area (Å²) in [5.74, 6) is 0.881. The van der Waals surface area contributed by atoms with E-state index in [4.69, 9.17) is 4.42 Å². The van der Waals surface area contributed by atoms with Crippen molar-refractivity contribution in [1.82, 2.24) is 0 Å². The zero-order valence-electron chi connectivity index (χ0n) is 29.3. The van der Waals surface area contributed by atoms with Crippen molar-refractivity contribution in [3.05, 3.63) is 194 Å². The average molecular weight is 705 g/mol. The lowest BCUT2D eigenvalue weighted by molar-refractivity contribution is 0.631. The van der Waals surface area contributed by atoms with E-state index >= 15 is 0 Å². The maximum atomic E-state index is 6.40. The highest BCUT2D eigenvalue weighted by atomic mass is 32.1. The Kier molecular flexibility index (Phi) is 7.11. The van der Waals surface area contributed by atoms with Crippen LogP contribution in [0.5, 0.6) is 0 Å². The number of thiophene rings is 1. The number of benzene rings is 9. The summed E-state index contributed by atoms with van der Waals surface area (Å²) < 4.78 is 8.97. The molecule has 0 radical (unpaired) electrons. The van der Waals surface area contributed by atoms with E-state index in [9.17, 15) is 0 Å². The normalized spacial score (nSPS) is 11.7. The van der Waals surface area contributed by atoms with Crippen molar-refractivity contribution in [2.24, 2.45) is 0 Å². The van der Waals surface area contributed by atoms with Crippen molar-refractivity contribution in [2.45, 2.75) is 0 Å². The van der Waals surface area contributed by atoms with Crippen molar-refractivity contribution >= 4 is 64.0 Å². The molecule has 1 nitrogen and oxygen atoms in total. The molecule has 0 N–H and O–H groups in total. The molecule has 0 atom stereocenters. The molecule has 252 valence electrons. The minimum atomic E-state index is 0.881. The van der Waals surface area contributed by atoms with E-state index in [1.54, 1.807) is 0 Å². The molecule has 0 aliphatic carbocycles. The highest BCUT2D eigenvalue weighted by Gasteiger charge is 2.24. The third-order valence-electron chi connectivity index (χ3n) is 10.9. The topological polar surface area (TPSA) is 13.1 Å². The number of rotatable bonds is 5. The fraction of sp³-hybridized carbons (Fsp3) is 0. The first-order valence-electron chi connectivity index (χ1n) is 18.4. The minimum Gasteiger partial charge on any atom is -0.456 e. The van der Waals surface area contributed by atoms with Gasteiger partial charge in [-0.15, -0.1) is 11.3 Å². The van der Waals surface area contributed by atoms with Crippen LogP contribution in [0.25, 0.3) is 109 Å². The highest BCUT2D eigenvalue weighted by molar-refractivity contribution is 7.26. The Bertz CT molecular complexity index is 3130. The van der Waals surface area contributed by atoms with E-state index in [1.807, 2.05) is 17.4 Å². The molecule has 2 aromatic heterocycles. The largest absolute Gasteiger partial charge is 0.456 e. The minimum absolute atomic E-state index is 0.881. The molecule has 11 rings (SSSR count). The van der Waals surface area contributed by atoms with Crippen molar-refractivity contribution < 1.29 is 4.42 Å². The molecule has 0 saturated carbocycles. The van der Waals surface area contributed by atoms with E-state index < -0.39 is 0 Å². The van der Waals surface area contributed by atoms with Gasteiger partial charge < -0.3 is 4.42 Å². The standard InChI is InChI=1S/C52H32OS/c1-4-16-33(17-5-1)43-32-44(50-40-24-12-10-22-38(40)48(35-20-8-3-9-21-35)39-23-11-13-25-41(39)50)51-42-26-14-15-27-47(42)54-52(51)49(43)36-28-29-45-37(30-36)31-46(53-45)34-18-6-2-7-19-34/h1-32H. The fourth-order valence-corrected chi connectivity index (χ4v) is 9.81. The van der Waals surface area contributed by atoms with Crippen LogP contribution in [0.1, 0.15) is 0 Å². The van der Waals surface area contributed by atoms with E-state index in [0.717, 1.165) is 22.3 Å². The van der Waals surface area contributed by atoms with Gasteiger partial charge in [-0.2, -0.15) is 0 Å². The third-order valence-corrected chi connectivity index (χ3v) is 12.0. The summed E-state index contributed by atoms with van der Waals surface area (Å²) in [6, 6.07) is 70.4. The molecular formula is C52H32OS. The summed E-state index contributed by atoms with van der Waals surface area (Å²) in [5, 5.41) is 8.70. The molecule has 2 heterocycles. The van der Waals surface area contributed by atoms with Crippen LogP contribution in [-0.2, 0) is 0 Å². The summed E-state index contributed by atoms with van der Waals surface area (Å²) in [5.41, 5.74) is 11.8. The molecule has 0 spiro atoms. The van der Waals surface area contributed by atoms with E-state index in [1.165, 1.54) is 86.2 Å². The third kappa shape index (κ3) is 4.85. The maximum absolute atomic E-state index is 6.40. The summed E-state index contributed by atoms with van der Waals surface area (Å²) in [6.45, 7) is 0. The summed E-state index contributed by atoms with van der Waals surface area (Å²) in [7, 11) is 0. The van der Waals surface area contributed by atoms with Gasteiger partial charge in [-0.05, 0) is 90.8 Å². The highest BCUT2D eigenvalue weighted by Crippen LogP contribution is 2.53. The Morgan fingerprint density at radius 2 is 0.889 bits per heavy atom. The van der Waals surface area contributed by atoms with Gasteiger partial charge >= 0.3 is 0 Å². The van der Waals surface area contributed by atoms with E-state index in [0.29, 0.717) is 0 Å². The predicted octanol–water partition coefficient (Wildman–Crippen LogP) is 15.4. The van der Waals surface area contributed by atoms with Gasteiger partial charge in [0.05, 0.1) is 0 Å². The van der Waals surface area contributed by atoms with Gasteiger partial charge in [0.2, 0.25) is 0 Å². The first kappa shape index (κ1) is 30.8. The number of furan rings is 1. The molecule has 0 bridgehead atoms. The molecule has 2 heteroatoms. The zero-order valence-corrected chi connectivity index (χ0v) is 30.1. The molecule has 9 aromatic carbocycles. The van der Waals surface area contributed by atoms with Crippen LogP contribution in [0, 0.1) is 0 Å². The first-order chi connectivity index (χ1) is 26.8. The molecule has 0 amide bonds. The molecule has 0 saturated heterocycles. The van der Waals surface area contributed by atoms with E-state index in [-0.39, 0.29) is 0 Å². The quantitative estimate of drug-likeness (QED) is 0.163. The average Bonchev–Trinajstić information content (AvgIpc) is 3.85. The van der Waals surface area contributed by atoms with Crippen molar-refractivity contribution in [2.75, 3.05) is 0 Å². The summed E-state index contributed by atoms with van der Waals surface area (Å²) in [6.07, 6.45) is 0. The van der Waals surface area contributed by atoms with Gasteiger partial charge in [0, 0.05) is 36.7 Å². The van der Waals surface area contributed by atoms with E-state index in [2.05, 4.69) is 188 Å². The summed E-state index contributed by atoms with van der Waals surface area (Å²) in [4.78, 5) is 0. The Morgan fingerprint density at radius 1 is 0.352 bits per heavy atom. The summed E-state index contributed by atoms with van der Waals surface area (Å²) >= 11 is 1.90. The lowest BCUT2D eigenvalue weighted by Crippen LogP contribution is -1.93. The Hall–Kier alpha value is -6.74. The lowest BCUT2D eigenvalue weighted by atomic mass is 9.82. The zero-order chi connectivity index (χ0) is 35.6. The fourth-order valence-electron chi connectivity index (χ4n) is 8.51. The second-order valence-electron chi connectivity index (χ2n) is 14.0. The van der Waals surface area contributed by atoms with Crippen LogP contribution in [0.3, 0.4) is 0 Å². The lowest BCUT2D eigenvalue weighted by Gasteiger charge is -2.21. The van der Waals surface area contributed by atoms with Crippen LogP contribution in [-0.4, -0.2) is 0 Å². The molecule has 0 fully saturated rings. The van der Waals surface area contributed by atoms with Gasteiger partial charge in [0.1, 0.15) is 11.3 Å². The maximum Gasteiger partial charge on any atom is 0.135 e. The van der Waals surface area contributed by atoms with Gasteiger partial charge in [-0.1, -0.05) is 164 Å².